The van der Waals surface area contributed by atoms with Crippen molar-refractivity contribution in [1.29, 1.82) is 0 Å². The molecule has 0 fully saturated rings. The van der Waals surface area contributed by atoms with Crippen LogP contribution in [-0.4, -0.2) is 34.8 Å². The lowest BCUT2D eigenvalue weighted by molar-refractivity contribution is 0.102. The summed E-state index contributed by atoms with van der Waals surface area (Å²) in [5.74, 6) is -0.762. The number of nitrogens with zero attached hydrogens (tertiary/aromatic N) is 1. The summed E-state index contributed by atoms with van der Waals surface area (Å²) >= 11 is 6.17. The topological polar surface area (TPSA) is 84.9 Å². The van der Waals surface area contributed by atoms with Gasteiger partial charge in [0, 0.05) is 22.3 Å². The molecule has 0 aliphatic rings. The third-order valence-corrected chi connectivity index (χ3v) is 6.65. The van der Waals surface area contributed by atoms with Crippen molar-refractivity contribution in [3.63, 3.8) is 0 Å². The van der Waals surface area contributed by atoms with Crippen molar-refractivity contribution >= 4 is 38.9 Å². The molecular formula is C24H24ClFN2O5S. The maximum absolute atomic E-state index is 14.4. The van der Waals surface area contributed by atoms with Crippen molar-refractivity contribution in [3.8, 4) is 11.5 Å². The van der Waals surface area contributed by atoms with E-state index < -0.39 is 21.7 Å². The Bertz CT molecular complexity index is 1330. The highest BCUT2D eigenvalue weighted by Gasteiger charge is 2.27. The van der Waals surface area contributed by atoms with E-state index in [1.165, 1.54) is 44.6 Å². The molecule has 10 heteroatoms. The molecule has 7 nitrogen and oxygen atoms in total. The van der Waals surface area contributed by atoms with Crippen LogP contribution >= 0.6 is 11.6 Å². The highest BCUT2D eigenvalue weighted by Crippen LogP contribution is 2.37. The van der Waals surface area contributed by atoms with Crippen LogP contribution in [0, 0.1) is 12.7 Å². The Morgan fingerprint density at radius 3 is 2.29 bits per heavy atom. The number of halogens is 2. The molecule has 34 heavy (non-hydrogen) atoms. The average Bonchev–Trinajstić information content (AvgIpc) is 2.79. The fourth-order valence-corrected chi connectivity index (χ4v) is 4.35. The second-order valence-electron chi connectivity index (χ2n) is 7.50. The smallest absolute Gasteiger partial charge is 0.257 e. The molecular weight excluding hydrogens is 483 g/mol. The first-order valence-electron chi connectivity index (χ1n) is 10.1. The van der Waals surface area contributed by atoms with Crippen LogP contribution < -0.4 is 19.1 Å². The van der Waals surface area contributed by atoms with Gasteiger partial charge in [-0.05, 0) is 36.8 Å². The summed E-state index contributed by atoms with van der Waals surface area (Å²) in [6.45, 7) is 1.49. The van der Waals surface area contributed by atoms with Crippen LogP contribution in [0.3, 0.4) is 0 Å². The van der Waals surface area contributed by atoms with Crippen molar-refractivity contribution in [2.24, 2.45) is 0 Å². The molecule has 180 valence electrons. The van der Waals surface area contributed by atoms with Crippen molar-refractivity contribution in [3.05, 3.63) is 82.1 Å². The van der Waals surface area contributed by atoms with E-state index in [0.717, 1.165) is 16.1 Å². The van der Waals surface area contributed by atoms with E-state index >= 15 is 0 Å². The highest BCUT2D eigenvalue weighted by molar-refractivity contribution is 7.92. The monoisotopic (exact) mass is 506 g/mol. The van der Waals surface area contributed by atoms with E-state index in [1.807, 2.05) is 6.92 Å². The molecule has 0 atom stereocenters. The molecule has 1 amide bonds. The second-order valence-corrected chi connectivity index (χ2v) is 9.82. The molecule has 1 N–H and O–H groups in total. The summed E-state index contributed by atoms with van der Waals surface area (Å²) in [5.41, 5.74) is 1.37. The Hall–Kier alpha value is -3.30. The van der Waals surface area contributed by atoms with E-state index in [1.54, 1.807) is 24.3 Å². The number of ether oxygens (including phenoxy) is 2. The maximum Gasteiger partial charge on any atom is 0.257 e. The number of benzene rings is 3. The predicted molar refractivity (Wildman–Crippen MR) is 131 cm³/mol. The minimum Gasteiger partial charge on any atom is -0.493 e. The van der Waals surface area contributed by atoms with Crippen molar-refractivity contribution < 1.29 is 27.1 Å². The van der Waals surface area contributed by atoms with Gasteiger partial charge in [0.25, 0.3) is 5.91 Å². The molecule has 0 saturated carbocycles. The van der Waals surface area contributed by atoms with Crippen LogP contribution in [0.2, 0.25) is 5.02 Å². The number of hydrogen-bond donors (Lipinski definition) is 1. The molecule has 0 saturated heterocycles. The minimum atomic E-state index is -3.95. The zero-order chi connectivity index (χ0) is 25.0. The first kappa shape index (κ1) is 25.3. The number of hydrogen-bond acceptors (Lipinski definition) is 5. The van der Waals surface area contributed by atoms with Crippen LogP contribution in [0.1, 0.15) is 21.5 Å². The largest absolute Gasteiger partial charge is 0.493 e. The van der Waals surface area contributed by atoms with Gasteiger partial charge < -0.3 is 14.8 Å². The Kier molecular flexibility index (Phi) is 7.68. The first-order valence-corrected chi connectivity index (χ1v) is 12.3. The van der Waals surface area contributed by atoms with Crippen LogP contribution in [0.25, 0.3) is 0 Å². The molecule has 0 bridgehead atoms. The van der Waals surface area contributed by atoms with Gasteiger partial charge >= 0.3 is 0 Å². The van der Waals surface area contributed by atoms with Gasteiger partial charge in [0.05, 0.1) is 38.3 Å². The number of rotatable bonds is 8. The third kappa shape index (κ3) is 5.60. The summed E-state index contributed by atoms with van der Waals surface area (Å²) in [7, 11) is -1.17. The highest BCUT2D eigenvalue weighted by atomic mass is 35.5. The van der Waals surface area contributed by atoms with E-state index in [-0.39, 0.29) is 34.9 Å². The summed E-state index contributed by atoms with van der Waals surface area (Å²) in [5, 5.41) is 3.18. The molecule has 0 heterocycles. The Morgan fingerprint density at radius 1 is 1.06 bits per heavy atom. The number of carbonyl (C=O) groups is 1. The Balaban J connectivity index is 2.15. The van der Waals surface area contributed by atoms with Crippen molar-refractivity contribution in [2.45, 2.75) is 13.5 Å². The molecule has 3 aromatic carbocycles. The number of nitrogens with one attached hydrogen (secondary N) is 1. The van der Waals surface area contributed by atoms with Gasteiger partial charge in [-0.3, -0.25) is 9.10 Å². The quantitative estimate of drug-likeness (QED) is 0.463. The Morgan fingerprint density at radius 2 is 1.71 bits per heavy atom. The maximum atomic E-state index is 14.4. The normalized spacial score (nSPS) is 11.1. The van der Waals surface area contributed by atoms with E-state index in [2.05, 4.69) is 5.32 Å². The predicted octanol–water partition coefficient (Wildman–Crippen LogP) is 5.02. The standard InChI is InChI=1S/C24H24ClFN2O5S/c1-15-9-10-17(11-19(15)25)27-24(29)18-12-22(32-2)23(33-3)13-21(18)28(34(4,30)31)14-16-7-5-6-8-20(16)26/h5-13H,14H2,1-4H3,(H,27,29). The summed E-state index contributed by atoms with van der Waals surface area (Å²) < 4.78 is 51.6. The van der Waals surface area contributed by atoms with Gasteiger partial charge in [0.2, 0.25) is 10.0 Å². The van der Waals surface area contributed by atoms with Gasteiger partial charge in [-0.25, -0.2) is 12.8 Å². The van der Waals surface area contributed by atoms with E-state index in [0.29, 0.717) is 10.7 Å². The van der Waals surface area contributed by atoms with E-state index in [9.17, 15) is 17.6 Å². The number of sulfonamides is 1. The van der Waals surface area contributed by atoms with Gasteiger partial charge in [-0.2, -0.15) is 0 Å². The lowest BCUT2D eigenvalue weighted by Crippen LogP contribution is -2.32. The molecule has 3 rings (SSSR count). The first-order chi connectivity index (χ1) is 16.0. The lowest BCUT2D eigenvalue weighted by atomic mass is 10.1. The molecule has 0 radical (unpaired) electrons. The number of methoxy groups -OCH3 is 2. The molecule has 0 unspecified atom stereocenters. The van der Waals surface area contributed by atoms with Gasteiger partial charge in [-0.1, -0.05) is 35.9 Å². The van der Waals surface area contributed by atoms with E-state index in [4.69, 9.17) is 21.1 Å². The molecule has 3 aromatic rings. The average molecular weight is 507 g/mol. The van der Waals surface area contributed by atoms with Gasteiger partial charge in [-0.15, -0.1) is 0 Å². The van der Waals surface area contributed by atoms with Crippen LogP contribution in [-0.2, 0) is 16.6 Å². The van der Waals surface area contributed by atoms with Crippen LogP contribution in [0.5, 0.6) is 11.5 Å². The molecule has 0 aliphatic carbocycles. The third-order valence-electron chi connectivity index (χ3n) is 5.12. The summed E-state index contributed by atoms with van der Waals surface area (Å²) in [4.78, 5) is 13.3. The summed E-state index contributed by atoms with van der Waals surface area (Å²) in [6, 6.07) is 13.6. The number of carbonyl (C=O) groups excluding carboxylic acids is 1. The van der Waals surface area contributed by atoms with Crippen molar-refractivity contribution in [2.75, 3.05) is 30.1 Å². The van der Waals surface area contributed by atoms with Gasteiger partial charge in [0.15, 0.2) is 11.5 Å². The summed E-state index contributed by atoms with van der Waals surface area (Å²) in [6.07, 6.45) is 0.978. The molecule has 0 aromatic heterocycles. The molecule has 0 aliphatic heterocycles. The fourth-order valence-electron chi connectivity index (χ4n) is 3.29. The fraction of sp³-hybridized carbons (Fsp3) is 0.208. The van der Waals surface area contributed by atoms with Crippen LogP contribution in [0.15, 0.2) is 54.6 Å². The van der Waals surface area contributed by atoms with Crippen molar-refractivity contribution in [1.82, 2.24) is 0 Å². The Labute approximate surface area is 203 Å². The number of amides is 1. The van der Waals surface area contributed by atoms with Crippen LogP contribution in [0.4, 0.5) is 15.8 Å². The zero-order valence-electron chi connectivity index (χ0n) is 19.1. The lowest BCUT2D eigenvalue weighted by Gasteiger charge is -2.26. The molecule has 0 spiro atoms. The SMILES string of the molecule is COc1cc(C(=O)Nc2ccc(C)c(Cl)c2)c(N(Cc2ccccc2F)S(C)(=O)=O)cc1OC. The second kappa shape index (κ2) is 10.3. The number of anilines is 2. The zero-order valence-corrected chi connectivity index (χ0v) is 20.6. The van der Waals surface area contributed by atoms with Gasteiger partial charge in [0.1, 0.15) is 5.82 Å². The number of aryl methyl sites for hydroxylation is 1. The minimum absolute atomic E-state index is 0.000823.